The van der Waals surface area contributed by atoms with Gasteiger partial charge >= 0.3 is 29.2 Å². The molecule has 1 saturated heterocycles. The molecule has 0 saturated carbocycles. The molecule has 6 atom stereocenters. The molecular weight excluding hydrogens is 709 g/mol. The monoisotopic (exact) mass is 742 g/mol. The molecule has 2 aromatic rings. The quantitative estimate of drug-likeness (QED) is 0.0580. The lowest BCUT2D eigenvalue weighted by Gasteiger charge is -2.21. The van der Waals surface area contributed by atoms with Crippen LogP contribution in [0.5, 0.6) is 0 Å². The molecule has 1 aliphatic heterocycles. The van der Waals surface area contributed by atoms with E-state index in [0.29, 0.717) is 12.0 Å². The van der Waals surface area contributed by atoms with E-state index in [4.69, 9.17) is 25.0 Å². The lowest BCUT2D eigenvalue weighted by molar-refractivity contribution is -0.386. The SMILES string of the molecule is CC(C)C[C@H](OCc1cn([C@H]2C[C@@H](O)[C@@H](COP(=O)(O)OP(=O)(O)OP(=O)(O)O)O2)c(=O)[nH]c1=O)c1ccc(C#CCN)cc1[N+](=O)[O-]. The number of hydrogen-bond donors (Lipinski definition) is 7. The molecule has 0 aliphatic carbocycles. The first-order chi connectivity index (χ1) is 22.2. The van der Waals surface area contributed by atoms with Crippen molar-refractivity contribution in [3.8, 4) is 11.8 Å². The van der Waals surface area contributed by atoms with E-state index in [-0.39, 0.29) is 35.7 Å². The number of nitro groups is 1. The Morgan fingerprint density at radius 1 is 1.17 bits per heavy atom. The topological polar surface area (TPSA) is 323 Å². The minimum Gasteiger partial charge on any atom is -0.390 e. The zero-order chi connectivity index (χ0) is 36.0. The summed E-state index contributed by atoms with van der Waals surface area (Å²) < 4.78 is 58.5. The highest BCUT2D eigenvalue weighted by Crippen LogP contribution is 2.66. The average molecular weight is 742 g/mol. The summed E-state index contributed by atoms with van der Waals surface area (Å²) in [5.41, 5.74) is 3.78. The predicted octanol–water partition coefficient (Wildman–Crippen LogP) is 1.05. The van der Waals surface area contributed by atoms with E-state index in [1.807, 2.05) is 13.8 Å². The van der Waals surface area contributed by atoms with E-state index >= 15 is 0 Å². The average Bonchev–Trinajstić information content (AvgIpc) is 3.31. The van der Waals surface area contributed by atoms with Crippen LogP contribution < -0.4 is 17.0 Å². The van der Waals surface area contributed by atoms with Gasteiger partial charge < -0.3 is 39.9 Å². The summed E-state index contributed by atoms with van der Waals surface area (Å²) >= 11 is 0. The molecule has 24 heteroatoms. The van der Waals surface area contributed by atoms with Crippen LogP contribution in [0, 0.1) is 27.9 Å². The summed E-state index contributed by atoms with van der Waals surface area (Å²) in [5, 5.41) is 22.3. The first-order valence-corrected chi connectivity index (χ1v) is 18.3. The molecular formula is C24H33N4O17P3. The van der Waals surface area contributed by atoms with E-state index in [1.165, 1.54) is 12.1 Å². The Labute approximate surface area is 271 Å². The normalized spacial score (nSPS) is 21.2. The van der Waals surface area contributed by atoms with Gasteiger partial charge in [-0.2, -0.15) is 8.62 Å². The predicted molar refractivity (Wildman–Crippen MR) is 162 cm³/mol. The van der Waals surface area contributed by atoms with Crippen LogP contribution in [0.1, 0.15) is 55.7 Å². The maximum Gasteiger partial charge on any atom is 0.490 e. The minimum absolute atomic E-state index is 0.00590. The summed E-state index contributed by atoms with van der Waals surface area (Å²) in [6, 6.07) is 4.34. The molecule has 1 fully saturated rings. The van der Waals surface area contributed by atoms with Gasteiger partial charge in [0, 0.05) is 24.2 Å². The highest BCUT2D eigenvalue weighted by atomic mass is 31.3. The number of hydrogen-bond acceptors (Lipinski definition) is 14. The summed E-state index contributed by atoms with van der Waals surface area (Å²) in [7, 11) is -16.9. The Kier molecular flexibility index (Phi) is 13.4. The molecule has 0 bridgehead atoms. The number of aliphatic hydroxyl groups excluding tert-OH is 1. The second-order valence-electron chi connectivity index (χ2n) is 10.6. The van der Waals surface area contributed by atoms with Crippen molar-refractivity contribution in [3.05, 3.63) is 72.0 Å². The van der Waals surface area contributed by atoms with Crippen LogP contribution in [-0.2, 0) is 42.9 Å². The summed E-state index contributed by atoms with van der Waals surface area (Å²) in [5.74, 6) is 5.34. The lowest BCUT2D eigenvalue weighted by Crippen LogP contribution is -2.34. The number of nitrogens with zero attached hydrogens (tertiary/aromatic N) is 2. The second-order valence-corrected chi connectivity index (χ2v) is 15.0. The van der Waals surface area contributed by atoms with Gasteiger partial charge in [-0.05, 0) is 24.5 Å². The van der Waals surface area contributed by atoms with Crippen LogP contribution in [0.3, 0.4) is 0 Å². The van der Waals surface area contributed by atoms with Crippen LogP contribution in [-0.4, -0.2) is 64.5 Å². The van der Waals surface area contributed by atoms with Crippen LogP contribution in [0.25, 0.3) is 0 Å². The Bertz CT molecular complexity index is 1810. The van der Waals surface area contributed by atoms with Gasteiger partial charge in [0.05, 0.1) is 48.0 Å². The lowest BCUT2D eigenvalue weighted by atomic mass is 9.97. The molecule has 2 unspecified atom stereocenters. The van der Waals surface area contributed by atoms with E-state index in [9.17, 15) is 48.3 Å². The number of ether oxygens (including phenoxy) is 2. The highest BCUT2D eigenvalue weighted by Gasteiger charge is 2.43. The van der Waals surface area contributed by atoms with E-state index in [0.717, 1.165) is 10.8 Å². The van der Waals surface area contributed by atoms with E-state index in [2.05, 4.69) is 30.0 Å². The molecule has 0 spiro atoms. The third-order valence-corrected chi connectivity index (χ3v) is 10.2. The number of phosphoric ester groups is 1. The van der Waals surface area contributed by atoms with Gasteiger partial charge in [0.2, 0.25) is 0 Å². The molecule has 3 rings (SSSR count). The van der Waals surface area contributed by atoms with Crippen molar-refractivity contribution < 1.29 is 65.9 Å². The van der Waals surface area contributed by atoms with Gasteiger partial charge in [0.25, 0.3) is 11.2 Å². The molecule has 1 aliphatic rings. The molecule has 8 N–H and O–H groups in total. The van der Waals surface area contributed by atoms with Gasteiger partial charge in [0.1, 0.15) is 12.3 Å². The fraction of sp³-hybridized carbons (Fsp3) is 0.500. The second kappa shape index (κ2) is 16.2. The Morgan fingerprint density at radius 3 is 2.46 bits per heavy atom. The molecule has 266 valence electrons. The van der Waals surface area contributed by atoms with Crippen molar-refractivity contribution in [3.63, 3.8) is 0 Å². The van der Waals surface area contributed by atoms with Gasteiger partial charge in [0.15, 0.2) is 0 Å². The number of nitro benzene ring substituents is 1. The third kappa shape index (κ3) is 11.6. The highest BCUT2D eigenvalue weighted by molar-refractivity contribution is 7.66. The smallest absolute Gasteiger partial charge is 0.390 e. The van der Waals surface area contributed by atoms with E-state index in [1.54, 1.807) is 6.07 Å². The van der Waals surface area contributed by atoms with Gasteiger partial charge in [-0.15, -0.1) is 0 Å². The number of aromatic nitrogens is 2. The van der Waals surface area contributed by atoms with Crippen molar-refractivity contribution in [2.75, 3.05) is 13.2 Å². The third-order valence-electron chi connectivity index (χ3n) is 6.41. The van der Waals surface area contributed by atoms with Crippen molar-refractivity contribution >= 4 is 29.2 Å². The Balaban J connectivity index is 1.78. The first kappa shape index (κ1) is 39.5. The molecule has 0 radical (unpaired) electrons. The maximum atomic E-state index is 12.7. The molecule has 2 heterocycles. The number of aromatic amines is 1. The van der Waals surface area contributed by atoms with Crippen LogP contribution in [0.2, 0.25) is 0 Å². The Hall–Kier alpha value is -2.89. The number of nitrogens with two attached hydrogens (primary N) is 1. The molecule has 1 aromatic heterocycles. The zero-order valence-electron chi connectivity index (χ0n) is 25.2. The number of benzene rings is 1. The van der Waals surface area contributed by atoms with Crippen LogP contribution in [0.4, 0.5) is 5.69 Å². The largest absolute Gasteiger partial charge is 0.490 e. The zero-order valence-corrected chi connectivity index (χ0v) is 27.9. The molecule has 0 amide bonds. The molecule has 48 heavy (non-hydrogen) atoms. The fourth-order valence-electron chi connectivity index (χ4n) is 4.46. The van der Waals surface area contributed by atoms with Crippen LogP contribution >= 0.6 is 23.5 Å². The van der Waals surface area contributed by atoms with Crippen molar-refractivity contribution in [1.29, 1.82) is 0 Å². The summed E-state index contributed by atoms with van der Waals surface area (Å²) in [6.07, 6.45) is -4.01. The fourth-order valence-corrected chi connectivity index (χ4v) is 7.49. The standard InChI is InChI=1S/C24H33N4O17P3/c1-14(2)8-20(17-6-5-15(4-3-7-25)9-18(17)28(32)33)41-12-16-11-27(24(31)26-23(16)30)22-10-19(29)21(43-22)13-42-47(37,38)45-48(39,40)44-46(34,35)36/h5-6,9,11,14,19-22,29H,7-8,10,12-13,25H2,1-2H3,(H,37,38)(H,39,40)(H,26,30,31)(H2,34,35,36)/t19-,20+,21-,22-/m1/s1. The molecule has 1 aromatic carbocycles. The Morgan fingerprint density at radius 2 is 1.85 bits per heavy atom. The number of nitrogens with one attached hydrogen (secondary N) is 1. The van der Waals surface area contributed by atoms with Crippen molar-refractivity contribution in [2.45, 2.75) is 57.8 Å². The number of H-pyrrole nitrogens is 1. The number of aliphatic hydroxyl groups is 1. The summed E-state index contributed by atoms with van der Waals surface area (Å²) in [6.45, 7) is 2.36. The van der Waals surface area contributed by atoms with Gasteiger partial charge in [-0.25, -0.2) is 18.5 Å². The van der Waals surface area contributed by atoms with Gasteiger partial charge in [-0.1, -0.05) is 25.7 Å². The maximum absolute atomic E-state index is 12.7. The molecule has 21 nitrogen and oxygen atoms in total. The first-order valence-electron chi connectivity index (χ1n) is 13.8. The minimum atomic E-state index is -5.78. The number of rotatable bonds is 15. The van der Waals surface area contributed by atoms with Crippen LogP contribution in [0.15, 0.2) is 34.0 Å². The summed E-state index contributed by atoms with van der Waals surface area (Å²) in [4.78, 5) is 74.9. The number of phosphoric acid groups is 3. The van der Waals surface area contributed by atoms with Crippen molar-refractivity contribution in [1.82, 2.24) is 9.55 Å². The van der Waals surface area contributed by atoms with Crippen molar-refractivity contribution in [2.24, 2.45) is 11.7 Å². The van der Waals surface area contributed by atoms with Gasteiger partial charge in [-0.3, -0.25) is 29.0 Å². The van der Waals surface area contributed by atoms with E-state index < -0.39 is 77.4 Å².